The van der Waals surface area contributed by atoms with Gasteiger partial charge in [0.1, 0.15) is 17.8 Å². The van der Waals surface area contributed by atoms with Gasteiger partial charge in [-0.2, -0.15) is 0 Å². The van der Waals surface area contributed by atoms with Crippen LogP contribution in [0.25, 0.3) is 0 Å². The van der Waals surface area contributed by atoms with Crippen molar-refractivity contribution in [2.24, 2.45) is 0 Å². The van der Waals surface area contributed by atoms with Gasteiger partial charge in [0.05, 0.1) is 27.4 Å². The Morgan fingerprint density at radius 1 is 0.833 bits per heavy atom. The van der Waals surface area contributed by atoms with Crippen LogP contribution in [0.5, 0.6) is 23.0 Å². The Bertz CT molecular complexity index is 654. The third kappa shape index (κ3) is 5.19. The summed E-state index contributed by atoms with van der Waals surface area (Å²) in [5.74, 6) is 2.76. The summed E-state index contributed by atoms with van der Waals surface area (Å²) in [6.45, 7) is 1.13. The molecule has 2 aromatic rings. The first-order chi connectivity index (χ1) is 11.8. The van der Waals surface area contributed by atoms with Gasteiger partial charge in [0.15, 0.2) is 11.5 Å². The average Bonchev–Trinajstić information content (AvgIpc) is 2.64. The zero-order valence-electron chi connectivity index (χ0n) is 14.0. The standard InChI is InChI=1S/C19H22O5/c1-21-16-6-5-7-17(13-16)23-10-3-4-11-24-19-12-15(14-20)8-9-18(19)22-2/h5-9,12-14H,3-4,10-11H2,1-2H3. The second kappa shape index (κ2) is 9.45. The van der Waals surface area contributed by atoms with Gasteiger partial charge in [-0.15, -0.1) is 0 Å². The van der Waals surface area contributed by atoms with Crippen LogP contribution >= 0.6 is 0 Å². The summed E-state index contributed by atoms with van der Waals surface area (Å²) in [5.41, 5.74) is 0.562. The summed E-state index contributed by atoms with van der Waals surface area (Å²) < 4.78 is 21.8. The second-order valence-corrected chi connectivity index (χ2v) is 5.11. The predicted molar refractivity (Wildman–Crippen MR) is 91.6 cm³/mol. The molecular weight excluding hydrogens is 308 g/mol. The monoisotopic (exact) mass is 330 g/mol. The molecule has 0 saturated heterocycles. The molecule has 0 fully saturated rings. The molecule has 0 bridgehead atoms. The van der Waals surface area contributed by atoms with Crippen molar-refractivity contribution in [3.8, 4) is 23.0 Å². The van der Waals surface area contributed by atoms with Crippen LogP contribution in [0, 0.1) is 0 Å². The minimum atomic E-state index is 0.528. The first-order valence-corrected chi connectivity index (χ1v) is 7.79. The van der Waals surface area contributed by atoms with Crippen molar-refractivity contribution >= 4 is 6.29 Å². The van der Waals surface area contributed by atoms with Gasteiger partial charge >= 0.3 is 0 Å². The van der Waals surface area contributed by atoms with E-state index in [1.807, 2.05) is 24.3 Å². The van der Waals surface area contributed by atoms with Gasteiger partial charge in [0.25, 0.3) is 0 Å². The number of methoxy groups -OCH3 is 2. The van der Waals surface area contributed by atoms with Gasteiger partial charge in [-0.25, -0.2) is 0 Å². The lowest BCUT2D eigenvalue weighted by atomic mass is 10.2. The molecule has 0 saturated carbocycles. The van der Waals surface area contributed by atoms with Gasteiger partial charge in [0.2, 0.25) is 0 Å². The Labute approximate surface area is 142 Å². The summed E-state index contributed by atoms with van der Waals surface area (Å²) in [7, 11) is 3.20. The second-order valence-electron chi connectivity index (χ2n) is 5.11. The molecule has 0 radical (unpaired) electrons. The molecule has 2 rings (SSSR count). The summed E-state index contributed by atoms with van der Waals surface area (Å²) in [6, 6.07) is 12.6. The Morgan fingerprint density at radius 2 is 1.58 bits per heavy atom. The molecule has 0 aliphatic rings. The van der Waals surface area contributed by atoms with E-state index in [0.717, 1.165) is 30.6 Å². The minimum absolute atomic E-state index is 0.528. The molecular formula is C19H22O5. The van der Waals surface area contributed by atoms with E-state index in [-0.39, 0.29) is 0 Å². The molecule has 5 nitrogen and oxygen atoms in total. The number of benzene rings is 2. The number of rotatable bonds is 10. The van der Waals surface area contributed by atoms with Crippen molar-refractivity contribution in [1.29, 1.82) is 0 Å². The molecule has 0 N–H and O–H groups in total. The van der Waals surface area contributed by atoms with Crippen LogP contribution in [0.1, 0.15) is 23.2 Å². The third-order valence-electron chi connectivity index (χ3n) is 3.43. The molecule has 0 unspecified atom stereocenters. The van der Waals surface area contributed by atoms with Crippen molar-refractivity contribution < 1.29 is 23.7 Å². The number of carbonyl (C=O) groups is 1. The highest BCUT2D eigenvalue weighted by molar-refractivity contribution is 5.76. The maximum atomic E-state index is 10.8. The Hall–Kier alpha value is -2.69. The number of carbonyl (C=O) groups excluding carboxylic acids is 1. The van der Waals surface area contributed by atoms with E-state index in [1.54, 1.807) is 32.4 Å². The third-order valence-corrected chi connectivity index (χ3v) is 3.43. The fraction of sp³-hybridized carbons (Fsp3) is 0.316. The van der Waals surface area contributed by atoms with Gasteiger partial charge in [-0.05, 0) is 43.2 Å². The highest BCUT2D eigenvalue weighted by Crippen LogP contribution is 2.27. The summed E-state index contributed by atoms with van der Waals surface area (Å²) in [5, 5.41) is 0. The van der Waals surface area contributed by atoms with Crippen molar-refractivity contribution in [1.82, 2.24) is 0 Å². The lowest BCUT2D eigenvalue weighted by molar-refractivity contribution is 0.112. The van der Waals surface area contributed by atoms with Crippen molar-refractivity contribution in [3.63, 3.8) is 0 Å². The Morgan fingerprint density at radius 3 is 2.29 bits per heavy atom. The Balaban J connectivity index is 1.72. The molecule has 0 spiro atoms. The summed E-state index contributed by atoms with van der Waals surface area (Å²) in [6.07, 6.45) is 2.47. The lowest BCUT2D eigenvalue weighted by Gasteiger charge is -2.11. The van der Waals surface area contributed by atoms with E-state index in [1.165, 1.54) is 0 Å². The number of ether oxygens (including phenoxy) is 4. The van der Waals surface area contributed by atoms with E-state index >= 15 is 0 Å². The van der Waals surface area contributed by atoms with Crippen molar-refractivity contribution in [2.45, 2.75) is 12.8 Å². The molecule has 0 aromatic heterocycles. The number of hydrogen-bond donors (Lipinski definition) is 0. The number of aldehydes is 1. The predicted octanol–water partition coefficient (Wildman–Crippen LogP) is 3.75. The van der Waals surface area contributed by atoms with Gasteiger partial charge in [-0.1, -0.05) is 6.07 Å². The molecule has 24 heavy (non-hydrogen) atoms. The molecule has 0 aliphatic carbocycles. The number of hydrogen-bond acceptors (Lipinski definition) is 5. The maximum absolute atomic E-state index is 10.8. The maximum Gasteiger partial charge on any atom is 0.161 e. The van der Waals surface area contributed by atoms with Crippen molar-refractivity contribution in [3.05, 3.63) is 48.0 Å². The van der Waals surface area contributed by atoms with E-state index in [9.17, 15) is 4.79 Å². The Kier molecular flexibility index (Phi) is 6.95. The highest BCUT2D eigenvalue weighted by Gasteiger charge is 2.05. The van der Waals surface area contributed by atoms with Gasteiger partial charge in [-0.3, -0.25) is 4.79 Å². The minimum Gasteiger partial charge on any atom is -0.497 e. The van der Waals surface area contributed by atoms with Crippen LogP contribution in [0.4, 0.5) is 0 Å². The van der Waals surface area contributed by atoms with Crippen LogP contribution in [0.15, 0.2) is 42.5 Å². The topological polar surface area (TPSA) is 54.0 Å². The van der Waals surface area contributed by atoms with E-state index in [2.05, 4.69) is 0 Å². The molecule has 128 valence electrons. The lowest BCUT2D eigenvalue weighted by Crippen LogP contribution is -2.03. The SMILES string of the molecule is COc1cccc(OCCCCOc2cc(C=O)ccc2OC)c1. The molecule has 0 aliphatic heterocycles. The van der Waals surface area contributed by atoms with Crippen LogP contribution in [-0.2, 0) is 0 Å². The molecule has 0 heterocycles. The quantitative estimate of drug-likeness (QED) is 0.490. The normalized spacial score (nSPS) is 10.1. The molecule has 5 heteroatoms. The van der Waals surface area contributed by atoms with Crippen LogP contribution in [0.2, 0.25) is 0 Å². The highest BCUT2D eigenvalue weighted by atomic mass is 16.5. The fourth-order valence-electron chi connectivity index (χ4n) is 2.15. The average molecular weight is 330 g/mol. The smallest absolute Gasteiger partial charge is 0.161 e. The molecule has 2 aromatic carbocycles. The fourth-order valence-corrected chi connectivity index (χ4v) is 2.15. The van der Waals surface area contributed by atoms with Crippen LogP contribution in [-0.4, -0.2) is 33.7 Å². The van der Waals surface area contributed by atoms with E-state index in [4.69, 9.17) is 18.9 Å². The first-order valence-electron chi connectivity index (χ1n) is 7.79. The summed E-state index contributed by atoms with van der Waals surface area (Å²) >= 11 is 0. The zero-order valence-corrected chi connectivity index (χ0v) is 14.0. The largest absolute Gasteiger partial charge is 0.497 e. The van der Waals surface area contributed by atoms with Crippen LogP contribution < -0.4 is 18.9 Å². The molecule has 0 atom stereocenters. The van der Waals surface area contributed by atoms with Gasteiger partial charge in [0, 0.05) is 11.6 Å². The summed E-state index contributed by atoms with van der Waals surface area (Å²) in [4.78, 5) is 10.8. The zero-order chi connectivity index (χ0) is 17.2. The van der Waals surface area contributed by atoms with Crippen molar-refractivity contribution in [2.75, 3.05) is 27.4 Å². The first kappa shape index (κ1) is 17.7. The van der Waals surface area contributed by atoms with E-state index < -0.39 is 0 Å². The van der Waals surface area contributed by atoms with E-state index in [0.29, 0.717) is 30.3 Å². The van der Waals surface area contributed by atoms with Crippen LogP contribution in [0.3, 0.4) is 0 Å². The van der Waals surface area contributed by atoms with Gasteiger partial charge < -0.3 is 18.9 Å². The number of unbranched alkanes of at least 4 members (excludes halogenated alkanes) is 1. The molecule has 0 amide bonds.